The molecule has 0 radical (unpaired) electrons. The van der Waals surface area contributed by atoms with Crippen molar-refractivity contribution < 1.29 is 22.7 Å². The predicted molar refractivity (Wildman–Crippen MR) is 124 cm³/mol. The van der Waals surface area contributed by atoms with Crippen molar-refractivity contribution in [3.05, 3.63) is 48.0 Å². The second-order valence-corrected chi connectivity index (χ2v) is 10.7. The van der Waals surface area contributed by atoms with Gasteiger partial charge in [0.15, 0.2) is 0 Å². The summed E-state index contributed by atoms with van der Waals surface area (Å²) in [6, 6.07) is 12.2. The van der Waals surface area contributed by atoms with Crippen LogP contribution in [0.5, 0.6) is 0 Å². The van der Waals surface area contributed by atoms with Gasteiger partial charge in [-0.05, 0) is 36.8 Å². The highest BCUT2D eigenvalue weighted by molar-refractivity contribution is 7.99. The van der Waals surface area contributed by atoms with Crippen LogP contribution in [0.25, 0.3) is 0 Å². The molecule has 1 N–H and O–H groups in total. The molecule has 170 valence electrons. The Kier molecular flexibility index (Phi) is 6.85. The Morgan fingerprint density at radius 1 is 1.16 bits per heavy atom. The van der Waals surface area contributed by atoms with Gasteiger partial charge in [-0.1, -0.05) is 18.2 Å². The fraction of sp³-hybridized carbons (Fsp3) is 0.364. The summed E-state index contributed by atoms with van der Waals surface area (Å²) >= 11 is 1.48. The van der Waals surface area contributed by atoms with Crippen LogP contribution in [0.15, 0.2) is 52.3 Å². The van der Waals surface area contributed by atoms with Gasteiger partial charge in [-0.3, -0.25) is 9.59 Å². The van der Waals surface area contributed by atoms with Gasteiger partial charge in [-0.15, -0.1) is 11.8 Å². The number of thioether (sulfide) groups is 1. The molecule has 2 aliphatic heterocycles. The number of nitrogens with one attached hydrogen (secondary N) is 1. The molecule has 1 fully saturated rings. The first-order valence-corrected chi connectivity index (χ1v) is 12.8. The molecule has 2 heterocycles. The van der Waals surface area contributed by atoms with Gasteiger partial charge in [0, 0.05) is 35.8 Å². The van der Waals surface area contributed by atoms with E-state index in [9.17, 15) is 18.0 Å². The number of aryl methyl sites for hydroxylation is 1. The Bertz CT molecular complexity index is 1130. The van der Waals surface area contributed by atoms with E-state index in [1.165, 1.54) is 27.0 Å². The van der Waals surface area contributed by atoms with Crippen molar-refractivity contribution in [2.45, 2.75) is 23.1 Å². The van der Waals surface area contributed by atoms with E-state index in [4.69, 9.17) is 4.74 Å². The summed E-state index contributed by atoms with van der Waals surface area (Å²) in [6.07, 6.45) is 0.266. The average molecular weight is 476 g/mol. The lowest BCUT2D eigenvalue weighted by Gasteiger charge is -2.27. The number of sulfonamides is 1. The number of carbonyl (C=O) groups excluding carboxylic acids is 2. The Morgan fingerprint density at radius 3 is 2.66 bits per heavy atom. The molecular weight excluding hydrogens is 450 g/mol. The summed E-state index contributed by atoms with van der Waals surface area (Å²) in [5.41, 5.74) is 2.04. The van der Waals surface area contributed by atoms with Gasteiger partial charge in [0.2, 0.25) is 21.8 Å². The molecule has 0 saturated carbocycles. The molecule has 2 aromatic rings. The maximum atomic E-state index is 13.1. The third kappa shape index (κ3) is 4.83. The lowest BCUT2D eigenvalue weighted by atomic mass is 10.2. The molecule has 2 amide bonds. The van der Waals surface area contributed by atoms with Crippen LogP contribution in [-0.4, -0.2) is 63.1 Å². The highest BCUT2D eigenvalue weighted by Crippen LogP contribution is 2.36. The van der Waals surface area contributed by atoms with Crippen LogP contribution in [0.1, 0.15) is 12.0 Å². The lowest BCUT2D eigenvalue weighted by Crippen LogP contribution is -2.41. The van der Waals surface area contributed by atoms with Gasteiger partial charge in [0.05, 0.1) is 23.8 Å². The number of ether oxygens (including phenoxy) is 1. The quantitative estimate of drug-likeness (QED) is 0.714. The number of nitrogens with zero attached hydrogens (tertiary/aromatic N) is 2. The summed E-state index contributed by atoms with van der Waals surface area (Å²) < 4.78 is 32.9. The van der Waals surface area contributed by atoms with Gasteiger partial charge in [-0.2, -0.15) is 4.31 Å². The van der Waals surface area contributed by atoms with Gasteiger partial charge in [0.25, 0.3) is 0 Å². The number of para-hydroxylation sites is 1. The summed E-state index contributed by atoms with van der Waals surface area (Å²) in [5.74, 6) is 0.0150. The molecule has 0 atom stereocenters. The van der Waals surface area contributed by atoms with Gasteiger partial charge < -0.3 is 15.0 Å². The summed E-state index contributed by atoms with van der Waals surface area (Å²) in [7, 11) is -3.73. The Morgan fingerprint density at radius 2 is 1.91 bits per heavy atom. The van der Waals surface area contributed by atoms with Crippen molar-refractivity contribution in [1.29, 1.82) is 0 Å². The van der Waals surface area contributed by atoms with Crippen LogP contribution in [-0.2, 0) is 24.3 Å². The van der Waals surface area contributed by atoms with Crippen LogP contribution in [0.3, 0.4) is 0 Å². The Hall–Kier alpha value is -2.40. The average Bonchev–Trinajstić information content (AvgIpc) is 2.94. The molecule has 1 saturated heterocycles. The number of amides is 2. The first kappa shape index (κ1) is 22.8. The molecule has 0 aromatic heterocycles. The third-order valence-electron chi connectivity index (χ3n) is 5.42. The number of rotatable bonds is 5. The predicted octanol–water partition coefficient (Wildman–Crippen LogP) is 2.48. The van der Waals surface area contributed by atoms with E-state index >= 15 is 0 Å². The summed E-state index contributed by atoms with van der Waals surface area (Å²) in [6.45, 7) is 2.97. The fourth-order valence-corrected chi connectivity index (χ4v) is 6.07. The highest BCUT2D eigenvalue weighted by Gasteiger charge is 2.30. The number of benzene rings is 2. The molecule has 0 spiro atoms. The molecule has 2 aromatic carbocycles. The zero-order valence-electron chi connectivity index (χ0n) is 17.7. The summed E-state index contributed by atoms with van der Waals surface area (Å²) in [4.78, 5) is 27.9. The fourth-order valence-electron chi connectivity index (χ4n) is 3.66. The smallest absolute Gasteiger partial charge is 0.244 e. The van der Waals surface area contributed by atoms with E-state index in [0.717, 1.165) is 10.5 Å². The largest absolute Gasteiger partial charge is 0.379 e. The standard InChI is InChI=1S/C22H25N3O5S2/c1-16-4-2-3-5-18(16)23-21(26)15-25-19-14-17(6-7-20(19)31-13-8-22(25)27)32(28,29)24-9-11-30-12-10-24/h2-7,14H,8-13,15H2,1H3,(H,23,26). The maximum Gasteiger partial charge on any atom is 0.244 e. The molecule has 4 rings (SSSR count). The van der Waals surface area contributed by atoms with Crippen LogP contribution >= 0.6 is 11.8 Å². The summed E-state index contributed by atoms with van der Waals surface area (Å²) in [5, 5.41) is 2.85. The minimum absolute atomic E-state index is 0.109. The van der Waals surface area contributed by atoms with Crippen molar-refractivity contribution in [3.8, 4) is 0 Å². The van der Waals surface area contributed by atoms with Crippen LogP contribution in [0.4, 0.5) is 11.4 Å². The molecule has 2 aliphatic rings. The van der Waals surface area contributed by atoms with Gasteiger partial charge >= 0.3 is 0 Å². The van der Waals surface area contributed by atoms with E-state index in [2.05, 4.69) is 5.32 Å². The van der Waals surface area contributed by atoms with Crippen molar-refractivity contribution >= 4 is 45.0 Å². The monoisotopic (exact) mass is 475 g/mol. The van der Waals surface area contributed by atoms with E-state index in [1.54, 1.807) is 18.2 Å². The molecule has 0 unspecified atom stereocenters. The molecule has 8 nitrogen and oxygen atoms in total. The number of carbonyl (C=O) groups is 2. The van der Waals surface area contributed by atoms with Crippen LogP contribution < -0.4 is 10.2 Å². The second-order valence-electron chi connectivity index (χ2n) is 7.59. The van der Waals surface area contributed by atoms with Crippen molar-refractivity contribution in [2.24, 2.45) is 0 Å². The number of anilines is 2. The van der Waals surface area contributed by atoms with Crippen LogP contribution in [0, 0.1) is 6.92 Å². The zero-order valence-corrected chi connectivity index (χ0v) is 19.4. The van der Waals surface area contributed by atoms with Gasteiger partial charge in [0.1, 0.15) is 6.54 Å². The number of hydrogen-bond donors (Lipinski definition) is 1. The lowest BCUT2D eigenvalue weighted by molar-refractivity contribution is -0.121. The zero-order chi connectivity index (χ0) is 22.7. The highest BCUT2D eigenvalue weighted by atomic mass is 32.2. The molecule has 0 aliphatic carbocycles. The first-order valence-electron chi connectivity index (χ1n) is 10.4. The topological polar surface area (TPSA) is 96.0 Å². The van der Waals surface area contributed by atoms with Crippen molar-refractivity contribution in [1.82, 2.24) is 4.31 Å². The maximum absolute atomic E-state index is 13.1. The van der Waals surface area contributed by atoms with E-state index in [1.807, 2.05) is 25.1 Å². The SMILES string of the molecule is Cc1ccccc1NC(=O)CN1C(=O)CCSc2ccc(S(=O)(=O)N3CCOCC3)cc21. The second kappa shape index (κ2) is 9.62. The molecule has 32 heavy (non-hydrogen) atoms. The number of hydrogen-bond acceptors (Lipinski definition) is 6. The van der Waals surface area contributed by atoms with E-state index < -0.39 is 10.0 Å². The van der Waals surface area contributed by atoms with Crippen LogP contribution in [0.2, 0.25) is 0 Å². The minimum atomic E-state index is -3.73. The Balaban J connectivity index is 1.63. The number of fused-ring (bicyclic) bond motifs is 1. The molecule has 10 heteroatoms. The first-order chi connectivity index (χ1) is 15.4. The molecular formula is C22H25N3O5S2. The molecule has 0 bridgehead atoms. The number of morpholine rings is 1. The Labute approximate surface area is 192 Å². The van der Waals surface area contributed by atoms with Crippen molar-refractivity contribution in [3.63, 3.8) is 0 Å². The normalized spacial score (nSPS) is 17.5. The van der Waals surface area contributed by atoms with Gasteiger partial charge in [-0.25, -0.2) is 8.42 Å². The van der Waals surface area contributed by atoms with E-state index in [-0.39, 0.29) is 42.8 Å². The third-order valence-corrected chi connectivity index (χ3v) is 8.38. The van der Waals surface area contributed by atoms with Crippen molar-refractivity contribution in [2.75, 3.05) is 48.8 Å². The minimum Gasteiger partial charge on any atom is -0.379 e. The van der Waals surface area contributed by atoms with E-state index in [0.29, 0.717) is 30.3 Å².